The maximum Gasteiger partial charge on any atom is 0.408 e. The number of fused-ring (bicyclic) bond motifs is 2. The number of esters is 1. The van der Waals surface area contributed by atoms with Gasteiger partial charge in [0.2, 0.25) is 11.8 Å². The van der Waals surface area contributed by atoms with Crippen LogP contribution in [-0.2, 0) is 25.0 Å². The van der Waals surface area contributed by atoms with Crippen LogP contribution in [0.3, 0.4) is 0 Å². The van der Waals surface area contributed by atoms with Gasteiger partial charge in [-0.15, -0.1) is 6.58 Å². The van der Waals surface area contributed by atoms with Crippen LogP contribution < -0.4 is 10.1 Å². The summed E-state index contributed by atoms with van der Waals surface area (Å²) in [5, 5.41) is 2.71. The Morgan fingerprint density at radius 1 is 1.08 bits per heavy atom. The number of aromatic nitrogens is 2. The minimum atomic E-state index is -3.79. The molecule has 3 aliphatic rings. The Labute approximate surface area is 275 Å². The second-order valence-corrected chi connectivity index (χ2v) is 13.8. The fourth-order valence-electron chi connectivity index (χ4n) is 6.84. The van der Waals surface area contributed by atoms with E-state index in [1.165, 1.54) is 4.90 Å². The zero-order valence-corrected chi connectivity index (χ0v) is 27.3. The largest absolute Gasteiger partial charge is 0.471 e. The number of methoxy groups -OCH3 is 1. The molecule has 5 rings (SSSR count). The lowest BCUT2D eigenvalue weighted by molar-refractivity contribution is -0.152. The van der Waals surface area contributed by atoms with E-state index in [1.807, 2.05) is 6.08 Å². The first-order valence-corrected chi connectivity index (χ1v) is 15.9. The van der Waals surface area contributed by atoms with Crippen molar-refractivity contribution in [3.05, 3.63) is 54.8 Å². The first-order chi connectivity index (χ1) is 22.6. The van der Waals surface area contributed by atoms with Crippen LogP contribution in [0.25, 0.3) is 11.0 Å². The second kappa shape index (κ2) is 13.3. The number of alkyl carbamates (subject to hydrolysis) is 1. The number of alkyl halides is 2. The van der Waals surface area contributed by atoms with Crippen LogP contribution in [0.1, 0.15) is 58.6 Å². The predicted octanol–water partition coefficient (Wildman–Crippen LogP) is 5.84. The summed E-state index contributed by atoms with van der Waals surface area (Å²) in [5.41, 5.74) is -2.47. The molecule has 1 aliphatic heterocycles. The SMILES string of the molecule is C=CCC[C@H]1[C@H](OC(=O)N[C@H](C(=O)N2C[C@H](Oc3nc4cc(F)c(F)cc4nc3C(F)(F)C=C)C[C@H]2C(=O)OC)C(C)(C)C)CC2C[C@@H]21. The average Bonchev–Trinajstić information content (AvgIpc) is 3.52. The smallest absolute Gasteiger partial charge is 0.408 e. The Bertz CT molecular complexity index is 1610. The van der Waals surface area contributed by atoms with Gasteiger partial charge < -0.3 is 24.4 Å². The van der Waals surface area contributed by atoms with Gasteiger partial charge in [-0.1, -0.05) is 33.4 Å². The summed E-state index contributed by atoms with van der Waals surface area (Å²) in [6.07, 6.45) is 3.36. The number of nitrogens with zero attached hydrogens (tertiary/aromatic N) is 3. The van der Waals surface area contributed by atoms with Crippen molar-refractivity contribution in [2.24, 2.45) is 23.2 Å². The van der Waals surface area contributed by atoms with Crippen molar-refractivity contribution < 1.29 is 46.2 Å². The summed E-state index contributed by atoms with van der Waals surface area (Å²) in [7, 11) is 1.14. The molecule has 1 N–H and O–H groups in total. The molecule has 2 aromatic rings. The number of nitrogens with one attached hydrogen (secondary N) is 1. The fraction of sp³-hybridized carbons (Fsp3) is 0.559. The van der Waals surface area contributed by atoms with E-state index in [2.05, 4.69) is 28.4 Å². The third-order valence-electron chi connectivity index (χ3n) is 9.42. The summed E-state index contributed by atoms with van der Waals surface area (Å²) < 4.78 is 74.3. The van der Waals surface area contributed by atoms with Crippen LogP contribution in [0.2, 0.25) is 0 Å². The molecule has 2 amide bonds. The number of amides is 2. The molecular weight excluding hydrogens is 636 g/mol. The standard InChI is InChI=1S/C34H40F4N4O6/c1-7-9-10-19-20-11-17(20)12-26(19)48-32(45)41-28(33(3,4)5)30(43)42-16-18(13-25(42)31(44)46-6)47-29-27(34(37,38)8-2)39-23-14-21(35)22(36)15-24(23)40-29/h7-8,14-15,17-20,25-26,28H,1-2,9-13,16H2,3-6H3,(H,41,45)/t17?,18-,19-,20+,25+,26-,28-/m1/s1. The molecule has 2 heterocycles. The van der Waals surface area contributed by atoms with Gasteiger partial charge in [0.15, 0.2) is 17.3 Å². The van der Waals surface area contributed by atoms with Crippen molar-refractivity contribution in [2.75, 3.05) is 13.7 Å². The minimum absolute atomic E-state index is 0.188. The topological polar surface area (TPSA) is 120 Å². The van der Waals surface area contributed by atoms with Crippen molar-refractivity contribution >= 4 is 29.0 Å². The number of carbonyl (C=O) groups excluding carboxylic acids is 3. The third kappa shape index (κ3) is 7.12. The van der Waals surface area contributed by atoms with E-state index in [4.69, 9.17) is 14.2 Å². The van der Waals surface area contributed by atoms with Gasteiger partial charge in [0.25, 0.3) is 0 Å². The number of benzene rings is 1. The number of carbonyl (C=O) groups is 3. The van der Waals surface area contributed by atoms with E-state index >= 15 is 0 Å². The van der Waals surface area contributed by atoms with Gasteiger partial charge in [-0.25, -0.2) is 28.3 Å². The van der Waals surface area contributed by atoms with E-state index in [9.17, 15) is 31.9 Å². The van der Waals surface area contributed by atoms with Crippen LogP contribution in [0.15, 0.2) is 37.4 Å². The van der Waals surface area contributed by atoms with E-state index in [1.54, 1.807) is 20.8 Å². The zero-order valence-electron chi connectivity index (χ0n) is 27.3. The number of rotatable bonds is 11. The predicted molar refractivity (Wildman–Crippen MR) is 166 cm³/mol. The van der Waals surface area contributed by atoms with Crippen molar-refractivity contribution in [2.45, 2.75) is 83.1 Å². The Kier molecular flexibility index (Phi) is 9.76. The van der Waals surface area contributed by atoms with Gasteiger partial charge in [-0.3, -0.25) is 4.79 Å². The Morgan fingerprint density at radius 3 is 2.35 bits per heavy atom. The molecule has 48 heavy (non-hydrogen) atoms. The van der Waals surface area contributed by atoms with Gasteiger partial charge in [0.1, 0.15) is 24.3 Å². The van der Waals surface area contributed by atoms with Crippen LogP contribution in [-0.4, -0.2) is 70.8 Å². The molecule has 2 saturated carbocycles. The van der Waals surface area contributed by atoms with Crippen molar-refractivity contribution in [3.8, 4) is 5.88 Å². The first kappa shape index (κ1) is 35.1. The zero-order chi connectivity index (χ0) is 35.1. The van der Waals surface area contributed by atoms with Gasteiger partial charge >= 0.3 is 18.0 Å². The summed E-state index contributed by atoms with van der Waals surface area (Å²) in [6, 6.07) is -1.03. The van der Waals surface area contributed by atoms with E-state index < -0.39 is 70.7 Å². The van der Waals surface area contributed by atoms with E-state index in [-0.39, 0.29) is 36.0 Å². The molecule has 1 saturated heterocycles. The quantitative estimate of drug-likeness (QED) is 0.179. The summed E-state index contributed by atoms with van der Waals surface area (Å²) in [6.45, 7) is 11.8. The highest BCUT2D eigenvalue weighted by molar-refractivity contribution is 5.91. The molecule has 1 aromatic heterocycles. The van der Waals surface area contributed by atoms with Crippen LogP contribution in [0.4, 0.5) is 22.4 Å². The minimum Gasteiger partial charge on any atom is -0.471 e. The second-order valence-electron chi connectivity index (χ2n) is 13.8. The highest BCUT2D eigenvalue weighted by Gasteiger charge is 2.54. The molecule has 3 fully saturated rings. The van der Waals surface area contributed by atoms with Crippen molar-refractivity contribution in [3.63, 3.8) is 0 Å². The molecule has 260 valence electrons. The maximum absolute atomic E-state index is 14.9. The number of ether oxygens (including phenoxy) is 3. The number of hydrogen-bond donors (Lipinski definition) is 1. The Hall–Kier alpha value is -4.23. The number of hydrogen-bond acceptors (Lipinski definition) is 8. The lowest BCUT2D eigenvalue weighted by atomic mass is 9.85. The monoisotopic (exact) mass is 676 g/mol. The molecule has 14 heteroatoms. The Balaban J connectivity index is 1.38. The van der Waals surface area contributed by atoms with Crippen LogP contribution in [0, 0.1) is 34.8 Å². The molecule has 0 radical (unpaired) electrons. The van der Waals surface area contributed by atoms with Gasteiger partial charge in [-0.05, 0) is 54.9 Å². The van der Waals surface area contributed by atoms with Crippen molar-refractivity contribution in [1.82, 2.24) is 20.2 Å². The number of allylic oxidation sites excluding steroid dienone is 2. The first-order valence-electron chi connectivity index (χ1n) is 15.9. The molecule has 1 unspecified atom stereocenters. The fourth-order valence-corrected chi connectivity index (χ4v) is 6.84. The summed E-state index contributed by atoms with van der Waals surface area (Å²) in [4.78, 5) is 49.2. The molecule has 1 aromatic carbocycles. The summed E-state index contributed by atoms with van der Waals surface area (Å²) in [5.74, 6) is -7.25. The molecule has 2 aliphatic carbocycles. The van der Waals surface area contributed by atoms with E-state index in [0.29, 0.717) is 30.0 Å². The molecule has 0 bridgehead atoms. The number of likely N-dealkylation sites (tertiary alicyclic amines) is 1. The highest BCUT2D eigenvalue weighted by atomic mass is 19.3. The van der Waals surface area contributed by atoms with Gasteiger partial charge in [0, 0.05) is 18.6 Å². The van der Waals surface area contributed by atoms with Crippen LogP contribution in [0.5, 0.6) is 5.88 Å². The highest BCUT2D eigenvalue weighted by Crippen LogP contribution is 2.57. The maximum atomic E-state index is 14.9. The normalized spacial score (nSPS) is 25.6. The molecule has 0 spiro atoms. The molecule has 10 nitrogen and oxygen atoms in total. The third-order valence-corrected chi connectivity index (χ3v) is 9.42. The van der Waals surface area contributed by atoms with E-state index in [0.717, 1.165) is 32.8 Å². The lowest BCUT2D eigenvalue weighted by Gasteiger charge is -2.35. The lowest BCUT2D eigenvalue weighted by Crippen LogP contribution is -2.57. The number of halogens is 4. The Morgan fingerprint density at radius 2 is 1.75 bits per heavy atom. The van der Waals surface area contributed by atoms with Crippen LogP contribution >= 0.6 is 0 Å². The van der Waals surface area contributed by atoms with Crippen molar-refractivity contribution in [1.29, 1.82) is 0 Å². The van der Waals surface area contributed by atoms with Gasteiger partial charge in [-0.2, -0.15) is 8.78 Å². The van der Waals surface area contributed by atoms with Gasteiger partial charge in [0.05, 0.1) is 24.7 Å². The molecule has 7 atom stereocenters. The molecular formula is C34H40F4N4O6. The average molecular weight is 677 g/mol. The summed E-state index contributed by atoms with van der Waals surface area (Å²) >= 11 is 0.